The molecule has 1 aromatic heterocycles. The molecule has 0 amide bonds. The van der Waals surface area contributed by atoms with Gasteiger partial charge in [-0.05, 0) is 5.56 Å². The first-order valence-electron chi connectivity index (χ1n) is 2.83. The minimum Gasteiger partial charge on any atom is -0.316 e. The quantitative estimate of drug-likeness (QED) is 0.532. The van der Waals surface area contributed by atoms with Crippen molar-refractivity contribution in [3.8, 4) is 0 Å². The molecule has 1 heterocycles. The first-order valence-corrected chi connectivity index (χ1v) is 3.70. The monoisotopic (exact) mass is 174 g/mol. The van der Waals surface area contributed by atoms with Crippen molar-refractivity contribution in [2.75, 3.05) is 0 Å². The van der Waals surface area contributed by atoms with E-state index in [4.69, 9.17) is 5.21 Å². The minimum absolute atomic E-state index is 0.0928. The van der Waals surface area contributed by atoms with Gasteiger partial charge >= 0.3 is 5.00 Å². The van der Waals surface area contributed by atoms with Crippen molar-refractivity contribution in [1.29, 1.82) is 0 Å². The number of nitrogens with zero attached hydrogens (tertiary/aromatic N) is 1. The van der Waals surface area contributed by atoms with Gasteiger partial charge in [0.15, 0.2) is 0 Å². The van der Waals surface area contributed by atoms with E-state index in [2.05, 4.69) is 0 Å². The summed E-state index contributed by atoms with van der Waals surface area (Å²) in [6.45, 7) is 0.240. The Bertz CT molecular complexity index is 260. The molecular formula is C5H6N2O3S. The molecule has 0 aromatic carbocycles. The maximum Gasteiger partial charge on any atom is 0.324 e. The molecule has 0 radical (unpaired) electrons. The third-order valence-electron chi connectivity index (χ3n) is 1.10. The van der Waals surface area contributed by atoms with Crippen LogP contribution >= 0.6 is 11.3 Å². The van der Waals surface area contributed by atoms with Gasteiger partial charge in [0.2, 0.25) is 0 Å². The first kappa shape index (κ1) is 8.12. The first-order chi connectivity index (χ1) is 5.24. The second kappa shape index (κ2) is 3.42. The van der Waals surface area contributed by atoms with Crippen LogP contribution in [0.15, 0.2) is 11.4 Å². The van der Waals surface area contributed by atoms with Crippen LogP contribution in [0.2, 0.25) is 0 Å². The summed E-state index contributed by atoms with van der Waals surface area (Å²) < 4.78 is 0. The summed E-state index contributed by atoms with van der Waals surface area (Å²) in [5, 5.41) is 20.1. The van der Waals surface area contributed by atoms with Gasteiger partial charge in [-0.2, -0.15) is 0 Å². The zero-order valence-electron chi connectivity index (χ0n) is 5.48. The summed E-state index contributed by atoms with van der Waals surface area (Å²) >= 11 is 1.05. The summed E-state index contributed by atoms with van der Waals surface area (Å²) in [4.78, 5) is 9.70. The Labute approximate surface area is 66.4 Å². The van der Waals surface area contributed by atoms with E-state index >= 15 is 0 Å². The molecule has 6 heteroatoms. The van der Waals surface area contributed by atoms with Crippen molar-refractivity contribution in [3.63, 3.8) is 0 Å². The number of hydrogen-bond donors (Lipinski definition) is 2. The Kier molecular flexibility index (Phi) is 2.53. The van der Waals surface area contributed by atoms with E-state index in [1.165, 1.54) is 6.07 Å². The highest BCUT2D eigenvalue weighted by Gasteiger charge is 2.08. The topological polar surface area (TPSA) is 75.4 Å². The van der Waals surface area contributed by atoms with E-state index in [9.17, 15) is 10.1 Å². The minimum atomic E-state index is -0.453. The number of hydroxylamine groups is 1. The van der Waals surface area contributed by atoms with Crippen LogP contribution in [0.4, 0.5) is 5.00 Å². The maximum atomic E-state index is 10.2. The molecule has 0 spiro atoms. The van der Waals surface area contributed by atoms with Gasteiger partial charge in [-0.1, -0.05) is 11.3 Å². The fraction of sp³-hybridized carbons (Fsp3) is 0.200. The Hall–Kier alpha value is -0.980. The summed E-state index contributed by atoms with van der Waals surface area (Å²) in [6, 6.07) is 1.42. The molecule has 0 fully saturated rings. The van der Waals surface area contributed by atoms with E-state index < -0.39 is 4.92 Å². The van der Waals surface area contributed by atoms with Crippen molar-refractivity contribution in [2.45, 2.75) is 6.54 Å². The van der Waals surface area contributed by atoms with Gasteiger partial charge in [0.1, 0.15) is 0 Å². The predicted octanol–water partition coefficient (Wildman–Crippen LogP) is 1.14. The maximum absolute atomic E-state index is 10.2. The molecule has 0 aliphatic heterocycles. The molecule has 5 nitrogen and oxygen atoms in total. The lowest BCUT2D eigenvalue weighted by atomic mass is 10.3. The fourth-order valence-electron chi connectivity index (χ4n) is 0.642. The van der Waals surface area contributed by atoms with E-state index in [0.29, 0.717) is 5.56 Å². The van der Waals surface area contributed by atoms with Gasteiger partial charge in [0.05, 0.1) is 4.92 Å². The van der Waals surface area contributed by atoms with Crippen molar-refractivity contribution < 1.29 is 10.1 Å². The third kappa shape index (κ3) is 1.97. The summed E-state index contributed by atoms with van der Waals surface area (Å²) in [5.74, 6) is 0. The van der Waals surface area contributed by atoms with Gasteiger partial charge in [-0.15, -0.1) is 0 Å². The molecule has 0 atom stereocenters. The molecule has 60 valence electrons. The molecule has 2 N–H and O–H groups in total. The molecule has 0 aliphatic carbocycles. The largest absolute Gasteiger partial charge is 0.324 e. The number of thiophene rings is 1. The third-order valence-corrected chi connectivity index (χ3v) is 2.03. The second-order valence-corrected chi connectivity index (χ2v) is 2.77. The summed E-state index contributed by atoms with van der Waals surface area (Å²) in [7, 11) is 0. The molecule has 0 bridgehead atoms. The van der Waals surface area contributed by atoms with Crippen LogP contribution in [0.1, 0.15) is 5.56 Å². The Morgan fingerprint density at radius 1 is 1.82 bits per heavy atom. The fourth-order valence-corrected chi connectivity index (χ4v) is 1.37. The lowest BCUT2D eigenvalue weighted by molar-refractivity contribution is -0.380. The molecule has 11 heavy (non-hydrogen) atoms. The zero-order chi connectivity index (χ0) is 8.27. The smallest absolute Gasteiger partial charge is 0.316 e. The number of nitrogens with one attached hydrogen (secondary N) is 1. The second-order valence-electron chi connectivity index (χ2n) is 1.89. The standard InChI is InChI=1S/C5H6N2O3S/c8-6-2-4-1-5(7(9)10)11-3-4/h1,3,6,8H,2H2. The van der Waals surface area contributed by atoms with E-state index in [1.54, 1.807) is 5.38 Å². The average molecular weight is 174 g/mol. The highest BCUT2D eigenvalue weighted by molar-refractivity contribution is 7.13. The van der Waals surface area contributed by atoms with Crippen LogP contribution in [-0.2, 0) is 6.54 Å². The number of hydrogen-bond acceptors (Lipinski definition) is 5. The highest BCUT2D eigenvalue weighted by Crippen LogP contribution is 2.21. The molecule has 0 unspecified atom stereocenters. The van der Waals surface area contributed by atoms with Crippen molar-refractivity contribution in [2.24, 2.45) is 0 Å². The van der Waals surface area contributed by atoms with Crippen LogP contribution in [0.3, 0.4) is 0 Å². The van der Waals surface area contributed by atoms with Gasteiger partial charge in [-0.3, -0.25) is 10.1 Å². The predicted molar refractivity (Wildman–Crippen MR) is 39.6 cm³/mol. The van der Waals surface area contributed by atoms with E-state index in [1.807, 2.05) is 5.48 Å². The van der Waals surface area contributed by atoms with E-state index in [-0.39, 0.29) is 11.5 Å². The summed E-state index contributed by atoms with van der Waals surface area (Å²) in [6.07, 6.45) is 0. The van der Waals surface area contributed by atoms with Crippen molar-refractivity contribution >= 4 is 16.3 Å². The molecule has 0 aliphatic rings. The SMILES string of the molecule is O=[N+]([O-])c1cc(CNO)cs1. The molecule has 1 rings (SSSR count). The Morgan fingerprint density at radius 3 is 3.00 bits per heavy atom. The van der Waals surface area contributed by atoms with Gasteiger partial charge in [0, 0.05) is 18.0 Å². The van der Waals surface area contributed by atoms with Crippen LogP contribution in [-0.4, -0.2) is 10.1 Å². The normalized spacial score (nSPS) is 9.91. The van der Waals surface area contributed by atoms with Crippen LogP contribution in [0, 0.1) is 10.1 Å². The van der Waals surface area contributed by atoms with Gasteiger partial charge < -0.3 is 5.21 Å². The van der Waals surface area contributed by atoms with Gasteiger partial charge in [-0.25, -0.2) is 5.48 Å². The average Bonchev–Trinajstić information content (AvgIpc) is 2.37. The zero-order valence-corrected chi connectivity index (χ0v) is 6.30. The van der Waals surface area contributed by atoms with Crippen LogP contribution in [0.5, 0.6) is 0 Å². The Morgan fingerprint density at radius 2 is 2.55 bits per heavy atom. The molecule has 0 saturated carbocycles. The lowest BCUT2D eigenvalue weighted by Gasteiger charge is -1.88. The number of nitro groups is 1. The van der Waals surface area contributed by atoms with E-state index in [0.717, 1.165) is 11.3 Å². The lowest BCUT2D eigenvalue weighted by Crippen LogP contribution is -2.04. The van der Waals surface area contributed by atoms with Crippen LogP contribution < -0.4 is 5.48 Å². The number of rotatable bonds is 3. The van der Waals surface area contributed by atoms with Crippen LogP contribution in [0.25, 0.3) is 0 Å². The Balaban J connectivity index is 2.73. The molecule has 0 saturated heterocycles. The van der Waals surface area contributed by atoms with Crippen molar-refractivity contribution in [1.82, 2.24) is 5.48 Å². The highest BCUT2D eigenvalue weighted by atomic mass is 32.1. The summed E-state index contributed by atoms with van der Waals surface area (Å²) in [5.41, 5.74) is 2.63. The van der Waals surface area contributed by atoms with Crippen molar-refractivity contribution in [3.05, 3.63) is 27.1 Å². The molecule has 1 aromatic rings. The van der Waals surface area contributed by atoms with Gasteiger partial charge in [0.25, 0.3) is 0 Å². The molecular weight excluding hydrogens is 168 g/mol.